The Morgan fingerprint density at radius 3 is 2.27 bits per heavy atom. The van der Waals surface area contributed by atoms with E-state index in [-0.39, 0.29) is 17.5 Å². The van der Waals surface area contributed by atoms with E-state index in [1.165, 1.54) is 37.0 Å². The van der Waals surface area contributed by atoms with Crippen LogP contribution >= 0.6 is 0 Å². The van der Waals surface area contributed by atoms with Crippen LogP contribution in [0.1, 0.15) is 59.5 Å². The van der Waals surface area contributed by atoms with Crippen LogP contribution in [0.25, 0.3) is 11.3 Å². The molecule has 1 atom stereocenters. The summed E-state index contributed by atoms with van der Waals surface area (Å²) in [5.74, 6) is -0.584. The van der Waals surface area contributed by atoms with Crippen LogP contribution in [0.15, 0.2) is 60.8 Å². The van der Waals surface area contributed by atoms with E-state index in [1.54, 1.807) is 23.2 Å². The van der Waals surface area contributed by atoms with Gasteiger partial charge in [-0.1, -0.05) is 30.7 Å². The highest BCUT2D eigenvalue weighted by atomic mass is 16.4. The molecule has 1 aliphatic carbocycles. The van der Waals surface area contributed by atoms with Crippen molar-refractivity contribution in [1.82, 2.24) is 9.88 Å². The molecule has 2 heterocycles. The molecule has 8 heteroatoms. The number of nitrogens with zero attached hydrogens (tertiary/aromatic N) is 2. The highest BCUT2D eigenvalue weighted by molar-refractivity contribution is 5.99. The molecular weight excluding hydrogens is 468 g/mol. The third-order valence-corrected chi connectivity index (χ3v) is 7.31. The summed E-state index contributed by atoms with van der Waals surface area (Å²) < 4.78 is 0. The van der Waals surface area contributed by atoms with E-state index in [9.17, 15) is 14.4 Å². The Morgan fingerprint density at radius 2 is 1.65 bits per heavy atom. The number of hydrogen-bond acceptors (Lipinski definition) is 4. The fourth-order valence-corrected chi connectivity index (χ4v) is 5.00. The topological polar surface area (TPSA) is 112 Å². The average molecular weight is 499 g/mol. The highest BCUT2D eigenvalue weighted by Crippen LogP contribution is 2.36. The highest BCUT2D eigenvalue weighted by Gasteiger charge is 2.34. The number of aromatic carboxylic acids is 1. The zero-order chi connectivity index (χ0) is 25.9. The number of nitrogens with one attached hydrogen (secondary N) is 2. The first-order chi connectivity index (χ1) is 17.9. The van der Waals surface area contributed by atoms with Gasteiger partial charge in [0, 0.05) is 17.8 Å². The van der Waals surface area contributed by atoms with Crippen molar-refractivity contribution in [3.05, 3.63) is 77.5 Å². The van der Waals surface area contributed by atoms with E-state index in [0.29, 0.717) is 30.3 Å². The Labute approximate surface area is 215 Å². The minimum absolute atomic E-state index is 0.209. The van der Waals surface area contributed by atoms with Gasteiger partial charge in [-0.2, -0.15) is 0 Å². The first-order valence-electron chi connectivity index (χ1n) is 12.7. The van der Waals surface area contributed by atoms with Crippen molar-refractivity contribution in [3.8, 4) is 11.3 Å². The van der Waals surface area contributed by atoms with Gasteiger partial charge in [0.2, 0.25) is 5.91 Å². The number of aryl methyl sites for hydroxylation is 1. The van der Waals surface area contributed by atoms with Gasteiger partial charge in [-0.25, -0.2) is 9.59 Å². The molecule has 0 spiro atoms. The molecule has 3 amide bonds. The quantitative estimate of drug-likeness (QED) is 0.406. The first-order valence-corrected chi connectivity index (χ1v) is 12.7. The third-order valence-electron chi connectivity index (χ3n) is 7.31. The molecule has 190 valence electrons. The second-order valence-electron chi connectivity index (χ2n) is 9.79. The van der Waals surface area contributed by atoms with E-state index >= 15 is 0 Å². The fourth-order valence-electron chi connectivity index (χ4n) is 5.00. The number of carbonyl (C=O) groups excluding carboxylic acids is 2. The van der Waals surface area contributed by atoms with Crippen LogP contribution in [0.4, 0.5) is 16.2 Å². The molecule has 0 unspecified atom stereocenters. The molecule has 1 saturated heterocycles. The number of hydrogen-bond donors (Lipinski definition) is 3. The number of anilines is 2. The maximum Gasteiger partial charge on any atom is 0.335 e. The Bertz CT molecular complexity index is 1320. The van der Waals surface area contributed by atoms with E-state index in [1.807, 2.05) is 25.1 Å². The molecule has 3 aromatic rings. The van der Waals surface area contributed by atoms with Crippen molar-refractivity contribution in [3.63, 3.8) is 0 Å². The van der Waals surface area contributed by atoms with Gasteiger partial charge in [-0.05, 0) is 80.0 Å². The second-order valence-corrected chi connectivity index (χ2v) is 9.79. The molecule has 8 nitrogen and oxygen atoms in total. The molecule has 2 aliphatic rings. The number of urea groups is 1. The van der Waals surface area contributed by atoms with Gasteiger partial charge >= 0.3 is 12.0 Å². The van der Waals surface area contributed by atoms with E-state index in [2.05, 4.69) is 27.8 Å². The summed E-state index contributed by atoms with van der Waals surface area (Å²) in [5.41, 5.74) is 5.14. The van der Waals surface area contributed by atoms with Crippen LogP contribution in [0, 0.1) is 6.92 Å². The van der Waals surface area contributed by atoms with Crippen molar-refractivity contribution in [2.75, 3.05) is 17.2 Å². The minimum atomic E-state index is -0.981. The van der Waals surface area contributed by atoms with Crippen LogP contribution in [0.3, 0.4) is 0 Å². The summed E-state index contributed by atoms with van der Waals surface area (Å²) in [7, 11) is 0. The van der Waals surface area contributed by atoms with Crippen molar-refractivity contribution >= 4 is 29.3 Å². The normalized spacial score (nSPS) is 17.2. The third kappa shape index (κ3) is 5.33. The van der Waals surface area contributed by atoms with Crippen LogP contribution in [0.5, 0.6) is 0 Å². The Morgan fingerprint density at radius 1 is 0.919 bits per heavy atom. The smallest absolute Gasteiger partial charge is 0.335 e. The number of aromatic nitrogens is 1. The maximum atomic E-state index is 13.1. The molecule has 0 radical (unpaired) electrons. The lowest BCUT2D eigenvalue weighted by molar-refractivity contribution is -0.119. The SMILES string of the molecule is Cc1cc(NC(=O)[C@H]2CCCN2C(=O)Nc2ccc(C3CCC3)cc2)cnc1-c1ccc(C(=O)O)cc1. The van der Waals surface area contributed by atoms with E-state index in [0.717, 1.165) is 23.2 Å². The molecule has 37 heavy (non-hydrogen) atoms. The summed E-state index contributed by atoms with van der Waals surface area (Å²) in [5, 5.41) is 14.9. The van der Waals surface area contributed by atoms with Gasteiger partial charge in [-0.3, -0.25) is 9.78 Å². The molecule has 1 aromatic heterocycles. The number of rotatable bonds is 6. The van der Waals surface area contributed by atoms with Crippen LogP contribution in [-0.2, 0) is 4.79 Å². The van der Waals surface area contributed by atoms with Gasteiger partial charge in [0.1, 0.15) is 6.04 Å². The van der Waals surface area contributed by atoms with Crippen LogP contribution < -0.4 is 10.6 Å². The summed E-state index contributed by atoms with van der Waals surface area (Å²) in [6, 6.07) is 15.5. The van der Waals surface area contributed by atoms with Gasteiger partial charge in [0.25, 0.3) is 0 Å². The molecular formula is C29H30N4O4. The van der Waals surface area contributed by atoms with Gasteiger partial charge < -0.3 is 20.6 Å². The van der Waals surface area contributed by atoms with Gasteiger partial charge in [0.15, 0.2) is 0 Å². The minimum Gasteiger partial charge on any atom is -0.478 e. The molecule has 0 bridgehead atoms. The Balaban J connectivity index is 1.22. The predicted molar refractivity (Wildman–Crippen MR) is 142 cm³/mol. The van der Waals surface area contributed by atoms with Crippen molar-refractivity contribution in [2.45, 2.75) is 51.0 Å². The average Bonchev–Trinajstić information content (AvgIpc) is 3.35. The summed E-state index contributed by atoms with van der Waals surface area (Å²) >= 11 is 0. The largest absolute Gasteiger partial charge is 0.478 e. The van der Waals surface area contributed by atoms with E-state index < -0.39 is 12.0 Å². The van der Waals surface area contributed by atoms with Gasteiger partial charge in [0.05, 0.1) is 23.1 Å². The molecule has 2 aromatic carbocycles. The number of carboxylic acids is 1. The Hall–Kier alpha value is -4.20. The maximum absolute atomic E-state index is 13.1. The zero-order valence-electron chi connectivity index (χ0n) is 20.7. The number of benzene rings is 2. The number of amides is 3. The number of carboxylic acid groups (broad SMARTS) is 1. The lowest BCUT2D eigenvalue weighted by atomic mass is 9.80. The molecule has 1 saturated carbocycles. The monoisotopic (exact) mass is 498 g/mol. The second kappa shape index (κ2) is 10.4. The first kappa shape index (κ1) is 24.5. The molecule has 3 N–H and O–H groups in total. The lowest BCUT2D eigenvalue weighted by Crippen LogP contribution is -2.45. The van der Waals surface area contributed by atoms with Gasteiger partial charge in [-0.15, -0.1) is 0 Å². The number of pyridine rings is 1. The van der Waals surface area contributed by atoms with E-state index in [4.69, 9.17) is 5.11 Å². The predicted octanol–water partition coefficient (Wildman–Crippen LogP) is 5.66. The number of likely N-dealkylation sites (tertiary alicyclic amines) is 1. The summed E-state index contributed by atoms with van der Waals surface area (Å²) in [4.78, 5) is 43.2. The summed E-state index contributed by atoms with van der Waals surface area (Å²) in [6.07, 6.45) is 6.68. The van der Waals surface area contributed by atoms with Crippen LogP contribution in [-0.4, -0.2) is 45.5 Å². The van der Waals surface area contributed by atoms with Crippen molar-refractivity contribution in [2.24, 2.45) is 0 Å². The Kier molecular flexibility index (Phi) is 6.90. The zero-order valence-corrected chi connectivity index (χ0v) is 20.7. The van der Waals surface area contributed by atoms with Crippen molar-refractivity contribution < 1.29 is 19.5 Å². The van der Waals surface area contributed by atoms with Crippen LogP contribution in [0.2, 0.25) is 0 Å². The lowest BCUT2D eigenvalue weighted by Gasteiger charge is -2.26. The van der Waals surface area contributed by atoms with Crippen molar-refractivity contribution in [1.29, 1.82) is 0 Å². The molecule has 5 rings (SSSR count). The standard InChI is InChI=1S/C29H30N4O4/c1-18-16-24(17-30-26(18)21-7-9-22(10-8-21)28(35)36)31-27(34)25-6-3-15-33(25)29(37)32-23-13-11-20(12-14-23)19-4-2-5-19/h7-14,16-17,19,25H,2-6,15H2,1H3,(H,31,34)(H,32,37)(H,35,36)/t25-/m1/s1. The molecule has 1 aliphatic heterocycles. The number of carbonyl (C=O) groups is 3. The summed E-state index contributed by atoms with van der Waals surface area (Å²) in [6.45, 7) is 2.40. The molecule has 2 fully saturated rings. The fraction of sp³-hybridized carbons (Fsp3) is 0.310.